The Kier molecular flexibility index (Phi) is 6.19. The molecule has 1 aromatic rings. The number of rotatable bonds is 7. The van der Waals surface area contributed by atoms with Crippen molar-refractivity contribution in [1.29, 1.82) is 0 Å². The van der Waals surface area contributed by atoms with Crippen molar-refractivity contribution in [3.63, 3.8) is 0 Å². The molecule has 21 heavy (non-hydrogen) atoms. The molecule has 7 nitrogen and oxygen atoms in total. The number of nitrogens with one attached hydrogen (secondary N) is 2. The standard InChI is InChI=1S/C14H19N3O4/c1-9(16-12(18)3-2-4-13(19)20)10-5-7-11(8-6-10)17-14(15)21/h5-9H,2-4H2,1H3,(H,16,18)(H,19,20)(H3,15,17,21). The van der Waals surface area contributed by atoms with Gasteiger partial charge in [-0.1, -0.05) is 12.1 Å². The van der Waals surface area contributed by atoms with Crippen LogP contribution in [0.4, 0.5) is 10.5 Å². The molecule has 1 rings (SSSR count). The number of anilines is 1. The zero-order valence-electron chi connectivity index (χ0n) is 11.8. The molecule has 0 spiro atoms. The molecular formula is C14H19N3O4. The summed E-state index contributed by atoms with van der Waals surface area (Å²) in [6, 6.07) is 6.08. The molecule has 3 amide bonds. The number of carboxylic acids is 1. The maximum Gasteiger partial charge on any atom is 0.316 e. The normalized spacial score (nSPS) is 11.5. The number of hydrogen-bond acceptors (Lipinski definition) is 3. The van der Waals surface area contributed by atoms with Crippen LogP contribution in [-0.4, -0.2) is 23.0 Å². The van der Waals surface area contributed by atoms with Crippen molar-refractivity contribution in [2.45, 2.75) is 32.2 Å². The molecule has 1 unspecified atom stereocenters. The lowest BCUT2D eigenvalue weighted by Gasteiger charge is -2.14. The van der Waals surface area contributed by atoms with E-state index in [-0.39, 0.29) is 24.8 Å². The first-order chi connectivity index (χ1) is 9.88. The predicted octanol–water partition coefficient (Wildman–Crippen LogP) is 1.61. The van der Waals surface area contributed by atoms with Crippen molar-refractivity contribution in [3.05, 3.63) is 29.8 Å². The monoisotopic (exact) mass is 293 g/mol. The number of nitrogens with two attached hydrogens (primary N) is 1. The fraction of sp³-hybridized carbons (Fsp3) is 0.357. The Hall–Kier alpha value is -2.57. The van der Waals surface area contributed by atoms with Crippen LogP contribution >= 0.6 is 0 Å². The third-order valence-electron chi connectivity index (χ3n) is 2.85. The molecule has 1 atom stereocenters. The smallest absolute Gasteiger partial charge is 0.316 e. The molecule has 0 radical (unpaired) electrons. The number of urea groups is 1. The van der Waals surface area contributed by atoms with Crippen LogP contribution < -0.4 is 16.4 Å². The third kappa shape index (κ3) is 6.42. The highest BCUT2D eigenvalue weighted by molar-refractivity contribution is 5.87. The number of primary amides is 1. The van der Waals surface area contributed by atoms with Crippen LogP contribution in [0.5, 0.6) is 0 Å². The highest BCUT2D eigenvalue weighted by atomic mass is 16.4. The van der Waals surface area contributed by atoms with Crippen LogP contribution in [0, 0.1) is 0 Å². The average Bonchev–Trinajstić information content (AvgIpc) is 2.38. The van der Waals surface area contributed by atoms with Gasteiger partial charge in [0, 0.05) is 18.5 Å². The summed E-state index contributed by atoms with van der Waals surface area (Å²) in [5.74, 6) is -1.10. The number of benzene rings is 1. The molecule has 0 aliphatic carbocycles. The van der Waals surface area contributed by atoms with Gasteiger partial charge < -0.3 is 21.5 Å². The Bertz CT molecular complexity index is 513. The van der Waals surface area contributed by atoms with Crippen molar-refractivity contribution in [1.82, 2.24) is 5.32 Å². The maximum atomic E-state index is 11.6. The quantitative estimate of drug-likeness (QED) is 0.610. The van der Waals surface area contributed by atoms with Crippen molar-refractivity contribution >= 4 is 23.6 Å². The molecule has 0 aliphatic rings. The summed E-state index contributed by atoms with van der Waals surface area (Å²) in [5.41, 5.74) is 6.45. The summed E-state index contributed by atoms with van der Waals surface area (Å²) in [6.45, 7) is 1.83. The fourth-order valence-electron chi connectivity index (χ4n) is 1.79. The lowest BCUT2D eigenvalue weighted by molar-refractivity contribution is -0.137. The first kappa shape index (κ1) is 16.5. The van der Waals surface area contributed by atoms with Gasteiger partial charge in [-0.3, -0.25) is 9.59 Å². The van der Waals surface area contributed by atoms with E-state index in [1.165, 1.54) is 0 Å². The summed E-state index contributed by atoms with van der Waals surface area (Å²) in [4.78, 5) is 32.7. The van der Waals surface area contributed by atoms with Gasteiger partial charge in [-0.2, -0.15) is 0 Å². The lowest BCUT2D eigenvalue weighted by Crippen LogP contribution is -2.26. The molecule has 0 aromatic heterocycles. The molecule has 0 aliphatic heterocycles. The van der Waals surface area contributed by atoms with Gasteiger partial charge in [0.25, 0.3) is 0 Å². The Balaban J connectivity index is 2.47. The summed E-state index contributed by atoms with van der Waals surface area (Å²) in [6.07, 6.45) is 0.475. The fourth-order valence-corrected chi connectivity index (χ4v) is 1.79. The van der Waals surface area contributed by atoms with Crippen molar-refractivity contribution < 1.29 is 19.5 Å². The number of amides is 3. The zero-order chi connectivity index (χ0) is 15.8. The number of hydrogen-bond donors (Lipinski definition) is 4. The van der Waals surface area contributed by atoms with Gasteiger partial charge in [-0.15, -0.1) is 0 Å². The topological polar surface area (TPSA) is 122 Å². The first-order valence-electron chi connectivity index (χ1n) is 6.56. The van der Waals surface area contributed by atoms with E-state index in [9.17, 15) is 14.4 Å². The van der Waals surface area contributed by atoms with Gasteiger partial charge in [0.2, 0.25) is 5.91 Å². The van der Waals surface area contributed by atoms with Crippen LogP contribution in [0.25, 0.3) is 0 Å². The Morgan fingerprint density at radius 1 is 1.19 bits per heavy atom. The van der Waals surface area contributed by atoms with Crippen LogP contribution in [0.2, 0.25) is 0 Å². The molecule has 0 saturated carbocycles. The molecule has 114 valence electrons. The zero-order valence-corrected chi connectivity index (χ0v) is 11.8. The molecule has 0 bridgehead atoms. The van der Waals surface area contributed by atoms with Crippen LogP contribution in [0.1, 0.15) is 37.8 Å². The van der Waals surface area contributed by atoms with E-state index >= 15 is 0 Å². The SMILES string of the molecule is CC(NC(=O)CCCC(=O)O)c1ccc(NC(N)=O)cc1. The van der Waals surface area contributed by atoms with Crippen molar-refractivity contribution in [3.8, 4) is 0 Å². The van der Waals surface area contributed by atoms with E-state index in [0.29, 0.717) is 12.1 Å². The van der Waals surface area contributed by atoms with Crippen LogP contribution in [0.3, 0.4) is 0 Å². The highest BCUT2D eigenvalue weighted by Gasteiger charge is 2.10. The van der Waals surface area contributed by atoms with Gasteiger partial charge in [0.05, 0.1) is 6.04 Å². The summed E-state index contributed by atoms with van der Waals surface area (Å²) < 4.78 is 0. The van der Waals surface area contributed by atoms with Gasteiger partial charge in [0.1, 0.15) is 0 Å². The minimum Gasteiger partial charge on any atom is -0.481 e. The second-order valence-electron chi connectivity index (χ2n) is 4.65. The molecule has 1 aromatic carbocycles. The van der Waals surface area contributed by atoms with Crippen molar-refractivity contribution in [2.24, 2.45) is 5.73 Å². The molecule has 7 heteroatoms. The second-order valence-corrected chi connectivity index (χ2v) is 4.65. The third-order valence-corrected chi connectivity index (χ3v) is 2.85. The van der Waals surface area contributed by atoms with E-state index in [4.69, 9.17) is 10.8 Å². The van der Waals surface area contributed by atoms with E-state index in [2.05, 4.69) is 10.6 Å². The van der Waals surface area contributed by atoms with E-state index in [1.807, 2.05) is 6.92 Å². The van der Waals surface area contributed by atoms with E-state index < -0.39 is 12.0 Å². The van der Waals surface area contributed by atoms with E-state index in [1.54, 1.807) is 24.3 Å². The molecule has 5 N–H and O–H groups in total. The highest BCUT2D eigenvalue weighted by Crippen LogP contribution is 2.16. The summed E-state index contributed by atoms with van der Waals surface area (Å²) >= 11 is 0. The first-order valence-corrected chi connectivity index (χ1v) is 6.56. The maximum absolute atomic E-state index is 11.6. The molecule has 0 saturated heterocycles. The number of carboxylic acid groups (broad SMARTS) is 1. The molecule has 0 heterocycles. The lowest BCUT2D eigenvalue weighted by atomic mass is 10.1. The van der Waals surface area contributed by atoms with Gasteiger partial charge in [-0.25, -0.2) is 4.79 Å². The Morgan fingerprint density at radius 3 is 2.33 bits per heavy atom. The minimum absolute atomic E-state index is 0.0186. The number of aliphatic carboxylic acids is 1. The van der Waals surface area contributed by atoms with Crippen LogP contribution in [0.15, 0.2) is 24.3 Å². The van der Waals surface area contributed by atoms with Gasteiger partial charge in [-0.05, 0) is 31.0 Å². The Morgan fingerprint density at radius 2 is 1.81 bits per heavy atom. The predicted molar refractivity (Wildman–Crippen MR) is 77.7 cm³/mol. The van der Waals surface area contributed by atoms with E-state index in [0.717, 1.165) is 5.56 Å². The van der Waals surface area contributed by atoms with Crippen LogP contribution in [-0.2, 0) is 9.59 Å². The van der Waals surface area contributed by atoms with Gasteiger partial charge in [0.15, 0.2) is 0 Å². The minimum atomic E-state index is -0.909. The average molecular weight is 293 g/mol. The number of carbonyl (C=O) groups is 3. The summed E-state index contributed by atoms with van der Waals surface area (Å²) in [7, 11) is 0. The van der Waals surface area contributed by atoms with Gasteiger partial charge >= 0.3 is 12.0 Å². The Labute approximate surface area is 122 Å². The van der Waals surface area contributed by atoms with Crippen molar-refractivity contribution in [2.75, 3.05) is 5.32 Å². The number of carbonyl (C=O) groups excluding carboxylic acids is 2. The molecular weight excluding hydrogens is 274 g/mol. The second kappa shape index (κ2) is 7.88. The summed E-state index contributed by atoms with van der Waals surface area (Å²) in [5, 5.41) is 13.7. The molecule has 0 fully saturated rings. The largest absolute Gasteiger partial charge is 0.481 e.